The topological polar surface area (TPSA) is 67.8 Å². The second-order valence-electron chi connectivity index (χ2n) is 8.13. The molecular weight excluding hydrogens is 537 g/mol. The van der Waals surface area contributed by atoms with Crippen LogP contribution in [0, 0.1) is 6.92 Å². The van der Waals surface area contributed by atoms with E-state index in [1.54, 1.807) is 5.32 Å². The summed E-state index contributed by atoms with van der Waals surface area (Å²) in [6, 6.07) is 7.65. The number of hydrogen-bond donors (Lipinski definition) is 1. The van der Waals surface area contributed by atoms with Crippen molar-refractivity contribution in [3.05, 3.63) is 68.7 Å². The Morgan fingerprint density at radius 1 is 1.03 bits per heavy atom. The third kappa shape index (κ3) is 6.31. The number of rotatable bonds is 7. The standard InChI is InChI=1S/C23H18Cl2F6N2O3/c1-12-6-13(2-3-17(12)19(34)4-5-20(35)32-11-22(26,27)28)18-10-21(36-33-18,23(29,30)31)14-7-15(24)9-16(25)8-14/h2-3,6-9H,4-5,10-11H2,1H3,(H,32,35). The lowest BCUT2D eigenvalue weighted by Gasteiger charge is -2.29. The Labute approximate surface area is 211 Å². The molecule has 0 bridgehead atoms. The predicted octanol–water partition coefficient (Wildman–Crippen LogP) is 6.53. The van der Waals surface area contributed by atoms with Crippen LogP contribution in [0.25, 0.3) is 0 Å². The SMILES string of the molecule is Cc1cc(C2=NOC(c3cc(Cl)cc(Cl)c3)(C(F)(F)F)C2)ccc1C(=O)CCC(=O)NCC(F)(F)F. The average Bonchev–Trinajstić information content (AvgIpc) is 3.22. The van der Waals surface area contributed by atoms with E-state index in [0.717, 1.165) is 12.1 Å². The number of ketones is 1. The summed E-state index contributed by atoms with van der Waals surface area (Å²) in [4.78, 5) is 28.9. The Hall–Kier alpha value is -2.79. The van der Waals surface area contributed by atoms with Crippen LogP contribution in [0.3, 0.4) is 0 Å². The van der Waals surface area contributed by atoms with Gasteiger partial charge in [0.15, 0.2) is 5.78 Å². The number of Topliss-reactive ketones (excluding diaryl/α,β-unsaturated/α-hetero) is 1. The van der Waals surface area contributed by atoms with E-state index >= 15 is 0 Å². The minimum absolute atomic E-state index is 0.0102. The lowest BCUT2D eigenvalue weighted by Crippen LogP contribution is -2.42. The van der Waals surface area contributed by atoms with Crippen LogP contribution in [0.1, 0.15) is 46.3 Å². The molecule has 1 atom stereocenters. The largest absolute Gasteiger partial charge is 0.435 e. The van der Waals surface area contributed by atoms with Crippen LogP contribution >= 0.6 is 23.2 Å². The van der Waals surface area contributed by atoms with E-state index in [1.807, 2.05) is 0 Å². The van der Waals surface area contributed by atoms with Crippen LogP contribution in [-0.4, -0.2) is 36.3 Å². The predicted molar refractivity (Wildman–Crippen MR) is 120 cm³/mol. The number of alkyl halides is 6. The molecule has 0 saturated carbocycles. The van der Waals surface area contributed by atoms with Gasteiger partial charge in [0.2, 0.25) is 5.91 Å². The van der Waals surface area contributed by atoms with E-state index in [1.165, 1.54) is 31.2 Å². The Morgan fingerprint density at radius 2 is 1.67 bits per heavy atom. The highest BCUT2D eigenvalue weighted by Gasteiger charge is 2.62. The molecule has 36 heavy (non-hydrogen) atoms. The number of halogens is 8. The van der Waals surface area contributed by atoms with Gasteiger partial charge in [0, 0.05) is 40.4 Å². The van der Waals surface area contributed by atoms with E-state index in [4.69, 9.17) is 28.0 Å². The lowest BCUT2D eigenvalue weighted by molar-refractivity contribution is -0.275. The van der Waals surface area contributed by atoms with Crippen LogP contribution in [0.4, 0.5) is 26.3 Å². The average molecular weight is 555 g/mol. The van der Waals surface area contributed by atoms with Gasteiger partial charge in [-0.2, -0.15) is 26.3 Å². The fourth-order valence-corrected chi connectivity index (χ4v) is 4.18. The van der Waals surface area contributed by atoms with Crippen molar-refractivity contribution in [2.24, 2.45) is 5.16 Å². The highest BCUT2D eigenvalue weighted by molar-refractivity contribution is 6.34. The molecule has 0 aromatic heterocycles. The second-order valence-corrected chi connectivity index (χ2v) is 9.01. The van der Waals surface area contributed by atoms with Crippen LogP contribution < -0.4 is 5.32 Å². The molecule has 13 heteroatoms. The van der Waals surface area contributed by atoms with E-state index in [9.17, 15) is 35.9 Å². The number of carbonyl (C=O) groups excluding carboxylic acids is 2. The maximum atomic E-state index is 14.1. The summed E-state index contributed by atoms with van der Waals surface area (Å²) in [5, 5.41) is 5.31. The molecule has 0 aliphatic carbocycles. The van der Waals surface area contributed by atoms with E-state index in [2.05, 4.69) is 5.16 Å². The number of hydrogen-bond acceptors (Lipinski definition) is 4. The fourth-order valence-electron chi connectivity index (χ4n) is 3.65. The van der Waals surface area contributed by atoms with Crippen molar-refractivity contribution in [1.82, 2.24) is 5.32 Å². The Kier molecular flexibility index (Phi) is 7.95. The smallest absolute Gasteiger partial charge is 0.374 e. The molecule has 1 N–H and O–H groups in total. The zero-order valence-electron chi connectivity index (χ0n) is 18.5. The van der Waals surface area contributed by atoms with Crippen LogP contribution in [0.15, 0.2) is 41.6 Å². The Bertz CT molecular complexity index is 1190. The summed E-state index contributed by atoms with van der Waals surface area (Å²) in [6.07, 6.45) is -10.9. The number of benzene rings is 2. The van der Waals surface area contributed by atoms with Crippen molar-refractivity contribution in [1.29, 1.82) is 0 Å². The van der Waals surface area contributed by atoms with Crippen molar-refractivity contribution in [3.63, 3.8) is 0 Å². The summed E-state index contributed by atoms with van der Waals surface area (Å²) < 4.78 is 79.0. The third-order valence-electron chi connectivity index (χ3n) is 5.44. The molecule has 1 aliphatic rings. The molecule has 0 fully saturated rings. The van der Waals surface area contributed by atoms with Crippen molar-refractivity contribution >= 4 is 40.6 Å². The highest BCUT2D eigenvalue weighted by Crippen LogP contribution is 2.49. The molecule has 2 aromatic rings. The minimum atomic E-state index is -4.87. The maximum absolute atomic E-state index is 14.1. The van der Waals surface area contributed by atoms with Gasteiger partial charge in [0.05, 0.1) is 5.71 Å². The quantitative estimate of drug-likeness (QED) is 0.312. The normalized spacial score (nSPS) is 18.0. The second kappa shape index (κ2) is 10.3. The van der Waals surface area contributed by atoms with Gasteiger partial charge >= 0.3 is 12.4 Å². The van der Waals surface area contributed by atoms with Gasteiger partial charge in [0.25, 0.3) is 5.60 Å². The summed E-state index contributed by atoms with van der Waals surface area (Å²) in [6.45, 7) is 0.0311. The molecule has 0 radical (unpaired) electrons. The maximum Gasteiger partial charge on any atom is 0.435 e. The molecule has 1 heterocycles. The van der Waals surface area contributed by atoms with Crippen molar-refractivity contribution < 1.29 is 40.8 Å². The van der Waals surface area contributed by atoms with Gasteiger partial charge in [-0.25, -0.2) is 0 Å². The summed E-state index contributed by atoms with van der Waals surface area (Å²) in [5.74, 6) is -1.44. The van der Waals surface area contributed by atoms with Crippen LogP contribution in [0.2, 0.25) is 10.0 Å². The molecule has 2 aromatic carbocycles. The lowest BCUT2D eigenvalue weighted by atomic mass is 9.86. The number of amides is 1. The van der Waals surface area contributed by atoms with Gasteiger partial charge in [0.1, 0.15) is 6.54 Å². The Morgan fingerprint density at radius 3 is 2.22 bits per heavy atom. The van der Waals surface area contributed by atoms with Crippen molar-refractivity contribution in [3.8, 4) is 0 Å². The fraction of sp³-hybridized carbons (Fsp3) is 0.348. The first kappa shape index (κ1) is 27.8. The zero-order valence-corrected chi connectivity index (χ0v) is 20.0. The van der Waals surface area contributed by atoms with E-state index in [0.29, 0.717) is 5.56 Å². The number of nitrogens with zero attached hydrogens (tertiary/aromatic N) is 1. The zero-order chi connectivity index (χ0) is 26.9. The van der Waals surface area contributed by atoms with E-state index < -0.39 is 49.0 Å². The molecule has 1 aliphatic heterocycles. The summed E-state index contributed by atoms with van der Waals surface area (Å²) in [5.41, 5.74) is -2.35. The first-order valence-corrected chi connectivity index (χ1v) is 11.1. The monoisotopic (exact) mass is 554 g/mol. The van der Waals surface area contributed by atoms with Gasteiger partial charge in [-0.3, -0.25) is 9.59 Å². The third-order valence-corrected chi connectivity index (χ3v) is 5.88. The van der Waals surface area contributed by atoms with Crippen LogP contribution in [-0.2, 0) is 15.2 Å². The van der Waals surface area contributed by atoms with Crippen LogP contribution in [0.5, 0.6) is 0 Å². The first-order valence-electron chi connectivity index (χ1n) is 10.4. The number of carbonyl (C=O) groups is 2. The van der Waals surface area contributed by atoms with Gasteiger partial charge < -0.3 is 10.2 Å². The minimum Gasteiger partial charge on any atom is -0.374 e. The number of oxime groups is 1. The van der Waals surface area contributed by atoms with Gasteiger partial charge in [-0.15, -0.1) is 0 Å². The van der Waals surface area contributed by atoms with Crippen molar-refractivity contribution in [2.75, 3.05) is 6.54 Å². The molecule has 194 valence electrons. The molecule has 5 nitrogen and oxygen atoms in total. The first-order chi connectivity index (χ1) is 16.6. The highest BCUT2D eigenvalue weighted by atomic mass is 35.5. The van der Waals surface area contributed by atoms with Gasteiger partial charge in [-0.1, -0.05) is 40.5 Å². The molecule has 3 rings (SSSR count). The van der Waals surface area contributed by atoms with E-state index in [-0.39, 0.29) is 38.9 Å². The number of aryl methyl sites for hydroxylation is 1. The summed E-state index contributed by atoms with van der Waals surface area (Å²) >= 11 is 11.8. The molecular formula is C23H18Cl2F6N2O3. The number of nitrogens with one attached hydrogen (secondary N) is 1. The molecule has 1 unspecified atom stereocenters. The Balaban J connectivity index is 1.75. The van der Waals surface area contributed by atoms with Gasteiger partial charge in [-0.05, 0) is 42.3 Å². The summed E-state index contributed by atoms with van der Waals surface area (Å²) in [7, 11) is 0. The molecule has 0 spiro atoms. The molecule has 1 amide bonds. The molecule has 0 saturated heterocycles. The van der Waals surface area contributed by atoms with Crippen molar-refractivity contribution in [2.45, 2.75) is 44.1 Å².